The number of aryl methyl sites for hydroxylation is 1. The summed E-state index contributed by atoms with van der Waals surface area (Å²) in [6, 6.07) is 12.2. The summed E-state index contributed by atoms with van der Waals surface area (Å²) in [5.74, 6) is -0.352. The minimum atomic E-state index is -1.52. The molecule has 1 aromatic carbocycles. The highest BCUT2D eigenvalue weighted by Gasteiger charge is 2.48. The molecule has 0 bridgehead atoms. The van der Waals surface area contributed by atoms with Crippen molar-refractivity contribution >= 4 is 23.0 Å². The standard InChI is InChI=1S/C24H23N9O5/c1-13-7-8-16(37-10-14-5-3-2-4-6-14)15(30-13)9-26-21-18-22(28-11-27-21)33(12-29-18)23-19(34)17(31-32-25)20(38-23)24(35)36/h2-8,11-12,17,19-20,23,34H,9-10H2,1H3,(H,35,36)(H,26,27,28)/t17-,19+,20-,23+/m0/s1. The zero-order valence-electron chi connectivity index (χ0n) is 20.1. The third kappa shape index (κ3) is 4.91. The van der Waals surface area contributed by atoms with E-state index in [1.807, 2.05) is 49.4 Å². The Bertz CT molecular complexity index is 1510. The Morgan fingerprint density at radius 3 is 2.82 bits per heavy atom. The summed E-state index contributed by atoms with van der Waals surface area (Å²) in [5, 5.41) is 26.7. The number of benzene rings is 1. The highest BCUT2D eigenvalue weighted by molar-refractivity contribution is 5.82. The lowest BCUT2D eigenvalue weighted by molar-refractivity contribution is -0.152. The van der Waals surface area contributed by atoms with Gasteiger partial charge in [-0.2, -0.15) is 0 Å². The molecule has 14 heteroatoms. The van der Waals surface area contributed by atoms with Gasteiger partial charge < -0.3 is 25.0 Å². The van der Waals surface area contributed by atoms with Crippen molar-refractivity contribution in [2.24, 2.45) is 5.11 Å². The second-order valence-corrected chi connectivity index (χ2v) is 8.54. The van der Waals surface area contributed by atoms with Gasteiger partial charge in [0.05, 0.1) is 12.9 Å². The molecular weight excluding hydrogens is 494 g/mol. The largest absolute Gasteiger partial charge is 0.487 e. The van der Waals surface area contributed by atoms with Gasteiger partial charge in [-0.25, -0.2) is 19.7 Å². The fraction of sp³-hybridized carbons (Fsp3) is 0.292. The van der Waals surface area contributed by atoms with E-state index in [1.165, 1.54) is 17.2 Å². The Hall–Kier alpha value is -4.78. The summed E-state index contributed by atoms with van der Waals surface area (Å²) in [6.45, 7) is 2.54. The molecule has 194 valence electrons. The number of anilines is 1. The van der Waals surface area contributed by atoms with Crippen LogP contribution in [0.5, 0.6) is 5.75 Å². The van der Waals surface area contributed by atoms with Crippen LogP contribution in [-0.4, -0.2) is 58.9 Å². The van der Waals surface area contributed by atoms with E-state index in [0.29, 0.717) is 29.4 Å². The third-order valence-corrected chi connectivity index (χ3v) is 6.03. The van der Waals surface area contributed by atoms with E-state index in [-0.39, 0.29) is 12.2 Å². The van der Waals surface area contributed by atoms with Crippen LogP contribution in [0.4, 0.5) is 5.82 Å². The van der Waals surface area contributed by atoms with Crippen LogP contribution < -0.4 is 10.1 Å². The van der Waals surface area contributed by atoms with Crippen LogP contribution >= 0.6 is 0 Å². The number of nitrogens with one attached hydrogen (secondary N) is 1. The molecule has 3 aromatic heterocycles. The van der Waals surface area contributed by atoms with Gasteiger partial charge in [0.1, 0.15) is 36.5 Å². The first-order valence-corrected chi connectivity index (χ1v) is 11.6. The van der Waals surface area contributed by atoms with Crippen LogP contribution in [-0.2, 0) is 22.7 Å². The molecule has 4 heterocycles. The number of aromatic nitrogens is 5. The van der Waals surface area contributed by atoms with Gasteiger partial charge in [0.25, 0.3) is 0 Å². The number of pyridine rings is 1. The van der Waals surface area contributed by atoms with Crippen LogP contribution in [0.1, 0.15) is 23.2 Å². The molecule has 0 radical (unpaired) electrons. The molecule has 1 saturated heterocycles. The summed E-state index contributed by atoms with van der Waals surface area (Å²) in [7, 11) is 0. The minimum Gasteiger partial charge on any atom is -0.487 e. The Morgan fingerprint density at radius 2 is 2.05 bits per heavy atom. The average molecular weight is 518 g/mol. The van der Waals surface area contributed by atoms with Gasteiger partial charge in [-0.15, -0.1) is 0 Å². The second kappa shape index (κ2) is 10.7. The number of aliphatic carboxylic acids is 1. The Kier molecular flexibility index (Phi) is 7.00. The monoisotopic (exact) mass is 517 g/mol. The van der Waals surface area contributed by atoms with Crippen molar-refractivity contribution in [1.82, 2.24) is 24.5 Å². The molecule has 0 aliphatic carbocycles. The van der Waals surface area contributed by atoms with Crippen molar-refractivity contribution in [3.05, 3.63) is 82.5 Å². The maximum atomic E-state index is 11.6. The van der Waals surface area contributed by atoms with Gasteiger partial charge in [0, 0.05) is 10.6 Å². The van der Waals surface area contributed by atoms with E-state index in [1.54, 1.807) is 0 Å². The summed E-state index contributed by atoms with van der Waals surface area (Å²) >= 11 is 0. The first kappa shape index (κ1) is 24.9. The number of carboxylic acid groups (broad SMARTS) is 1. The fourth-order valence-corrected chi connectivity index (χ4v) is 4.21. The summed E-state index contributed by atoms with van der Waals surface area (Å²) in [5.41, 5.74) is 12.0. The predicted octanol–water partition coefficient (Wildman–Crippen LogP) is 2.74. The molecule has 0 unspecified atom stereocenters. The van der Waals surface area contributed by atoms with E-state index >= 15 is 0 Å². The minimum absolute atomic E-state index is 0.271. The normalized spacial score (nSPS) is 20.7. The summed E-state index contributed by atoms with van der Waals surface area (Å²) < 4.78 is 12.9. The van der Waals surface area contributed by atoms with Gasteiger partial charge in [0.2, 0.25) is 0 Å². The van der Waals surface area contributed by atoms with Gasteiger partial charge >= 0.3 is 5.97 Å². The number of ether oxygens (including phenoxy) is 2. The molecule has 0 amide bonds. The maximum Gasteiger partial charge on any atom is 0.333 e. The number of aliphatic hydroxyl groups excluding tert-OH is 1. The number of aliphatic hydroxyl groups is 1. The highest BCUT2D eigenvalue weighted by Crippen LogP contribution is 2.34. The number of rotatable bonds is 9. The lowest BCUT2D eigenvalue weighted by Gasteiger charge is -2.16. The van der Waals surface area contributed by atoms with Crippen LogP contribution in [0.3, 0.4) is 0 Å². The van der Waals surface area contributed by atoms with Gasteiger partial charge in [-0.1, -0.05) is 35.4 Å². The second-order valence-electron chi connectivity index (χ2n) is 8.54. The molecule has 3 N–H and O–H groups in total. The fourth-order valence-electron chi connectivity index (χ4n) is 4.21. The van der Waals surface area contributed by atoms with E-state index in [2.05, 4.69) is 35.3 Å². The van der Waals surface area contributed by atoms with Gasteiger partial charge in [-0.3, -0.25) is 9.55 Å². The zero-order chi connectivity index (χ0) is 26.6. The van der Waals surface area contributed by atoms with Crippen LogP contribution in [0.2, 0.25) is 0 Å². The van der Waals surface area contributed by atoms with Crippen molar-refractivity contribution in [2.45, 2.75) is 44.6 Å². The lowest BCUT2D eigenvalue weighted by Crippen LogP contribution is -2.34. The number of hydrogen-bond acceptors (Lipinski definition) is 10. The van der Waals surface area contributed by atoms with Crippen molar-refractivity contribution in [2.75, 3.05) is 5.32 Å². The molecule has 5 rings (SSSR count). The van der Waals surface area contributed by atoms with E-state index < -0.39 is 30.4 Å². The Labute approximate surface area is 215 Å². The molecule has 14 nitrogen and oxygen atoms in total. The van der Waals surface area contributed by atoms with E-state index in [4.69, 9.17) is 15.0 Å². The molecule has 0 spiro atoms. The van der Waals surface area contributed by atoms with Crippen molar-refractivity contribution in [3.8, 4) is 5.75 Å². The highest BCUT2D eigenvalue weighted by atomic mass is 16.6. The quantitative estimate of drug-likeness (QED) is 0.169. The molecule has 4 atom stereocenters. The SMILES string of the molecule is Cc1ccc(OCc2ccccc2)c(CNc2ncnc3c2ncn3[C@@H]2O[C@H](C(=O)O)[C@@H](N=[N+]=[N-])[C@H]2O)n1. The molecular formula is C24H23N9O5. The third-order valence-electron chi connectivity index (χ3n) is 6.03. The number of carbonyl (C=O) groups is 1. The van der Waals surface area contributed by atoms with Gasteiger partial charge in [-0.05, 0) is 30.2 Å². The number of hydrogen-bond donors (Lipinski definition) is 3. The zero-order valence-corrected chi connectivity index (χ0v) is 20.1. The molecule has 0 saturated carbocycles. The number of carboxylic acids is 1. The Morgan fingerprint density at radius 1 is 1.24 bits per heavy atom. The van der Waals surface area contributed by atoms with E-state index in [9.17, 15) is 15.0 Å². The maximum absolute atomic E-state index is 11.6. The van der Waals surface area contributed by atoms with Crippen molar-refractivity contribution in [1.29, 1.82) is 0 Å². The van der Waals surface area contributed by atoms with Crippen molar-refractivity contribution < 1.29 is 24.5 Å². The van der Waals surface area contributed by atoms with Crippen LogP contribution in [0, 0.1) is 6.92 Å². The molecule has 38 heavy (non-hydrogen) atoms. The average Bonchev–Trinajstić information content (AvgIpc) is 3.49. The van der Waals surface area contributed by atoms with Crippen LogP contribution in [0.15, 0.2) is 60.2 Å². The molecule has 1 aliphatic heterocycles. The first-order chi connectivity index (χ1) is 18.5. The van der Waals surface area contributed by atoms with Crippen molar-refractivity contribution in [3.63, 3.8) is 0 Å². The topological polar surface area (TPSA) is 193 Å². The lowest BCUT2D eigenvalue weighted by atomic mass is 10.1. The molecule has 1 fully saturated rings. The Balaban J connectivity index is 1.37. The number of azide groups is 1. The van der Waals surface area contributed by atoms with Crippen LogP contribution in [0.25, 0.3) is 21.6 Å². The molecule has 1 aliphatic rings. The summed E-state index contributed by atoms with van der Waals surface area (Å²) in [6.07, 6.45) is -1.48. The van der Waals surface area contributed by atoms with E-state index in [0.717, 1.165) is 11.3 Å². The number of nitrogens with zero attached hydrogens (tertiary/aromatic N) is 8. The predicted molar refractivity (Wildman–Crippen MR) is 133 cm³/mol. The first-order valence-electron chi connectivity index (χ1n) is 11.6. The number of fused-ring (bicyclic) bond motifs is 1. The summed E-state index contributed by atoms with van der Waals surface area (Å²) in [4.78, 5) is 31.7. The smallest absolute Gasteiger partial charge is 0.333 e. The van der Waals surface area contributed by atoms with Gasteiger partial charge in [0.15, 0.2) is 29.3 Å². The number of imidazole rings is 1. The molecule has 4 aromatic rings.